The number of rotatable bonds is 4. The smallest absolute Gasteiger partial charge is 0.420 e. The zero-order valence-corrected chi connectivity index (χ0v) is 31.6. The molecule has 2 atom stereocenters. The van der Waals surface area contributed by atoms with Gasteiger partial charge in [-0.15, -0.1) is 10.2 Å². The van der Waals surface area contributed by atoms with E-state index in [1.807, 2.05) is 63.4 Å². The van der Waals surface area contributed by atoms with E-state index < -0.39 is 17.3 Å². The first kappa shape index (κ1) is 35.0. The number of nitrogens with zero attached hydrogens (tertiary/aromatic N) is 8. The number of aryl methyl sites for hydroxylation is 2. The fraction of sp³-hybridized carbons (Fsp3) is 0.564. The lowest BCUT2D eigenvalue weighted by atomic mass is 9.98. The number of hydrogen-bond acceptors (Lipinski definition) is 9. The molecule has 1 amide bonds. The van der Waals surface area contributed by atoms with Crippen molar-refractivity contribution in [2.45, 2.75) is 110 Å². The third-order valence-corrected chi connectivity index (χ3v) is 10.3. The van der Waals surface area contributed by atoms with Crippen LogP contribution in [-0.2, 0) is 9.47 Å². The molecule has 4 aromatic rings. The number of ether oxygens (including phenoxy) is 2. The largest absolute Gasteiger partial charge is 0.444 e. The van der Waals surface area contributed by atoms with Crippen LogP contribution in [0.3, 0.4) is 0 Å². The topological polar surface area (TPSA) is 111 Å². The number of fused-ring (bicyclic) bond motifs is 3. The molecule has 3 fully saturated rings. The highest BCUT2D eigenvalue weighted by Crippen LogP contribution is 2.42. The Morgan fingerprint density at radius 1 is 0.765 bits per heavy atom. The minimum Gasteiger partial charge on any atom is -0.444 e. The monoisotopic (exact) mass is 696 g/mol. The molecule has 2 unspecified atom stereocenters. The lowest BCUT2D eigenvalue weighted by molar-refractivity contribution is 0.00229. The average molecular weight is 697 g/mol. The molecule has 7 rings (SSSR count). The first-order valence-corrected chi connectivity index (χ1v) is 18.3. The minimum absolute atomic E-state index is 0.123. The van der Waals surface area contributed by atoms with Crippen molar-refractivity contribution in [1.82, 2.24) is 34.3 Å². The highest BCUT2D eigenvalue weighted by molar-refractivity contribution is 5.99. The molecule has 6 heterocycles. The molecule has 12 heteroatoms. The molecule has 3 aliphatic rings. The summed E-state index contributed by atoms with van der Waals surface area (Å²) in [6, 6.07) is 6.80. The summed E-state index contributed by atoms with van der Waals surface area (Å²) < 4.78 is 15.0. The molecule has 3 saturated heterocycles. The molecule has 2 bridgehead atoms. The second-order valence-electron chi connectivity index (χ2n) is 16.7. The van der Waals surface area contributed by atoms with Gasteiger partial charge in [0, 0.05) is 78.4 Å². The minimum atomic E-state index is -0.680. The first-order chi connectivity index (χ1) is 24.0. The van der Waals surface area contributed by atoms with E-state index in [1.54, 1.807) is 6.20 Å². The normalized spacial score (nSPS) is 21.4. The van der Waals surface area contributed by atoms with Crippen molar-refractivity contribution < 1.29 is 19.1 Å². The van der Waals surface area contributed by atoms with Crippen LogP contribution in [0.15, 0.2) is 36.8 Å². The molecule has 12 nitrogen and oxygen atoms in total. The van der Waals surface area contributed by atoms with E-state index in [9.17, 15) is 9.59 Å². The van der Waals surface area contributed by atoms with Gasteiger partial charge in [-0.05, 0) is 117 Å². The van der Waals surface area contributed by atoms with Crippen LogP contribution in [0.1, 0.15) is 84.4 Å². The lowest BCUT2D eigenvalue weighted by Gasteiger charge is -2.39. The van der Waals surface area contributed by atoms with Gasteiger partial charge in [0.15, 0.2) is 5.65 Å². The Kier molecular flexibility index (Phi) is 8.88. The van der Waals surface area contributed by atoms with E-state index in [4.69, 9.17) is 14.6 Å². The lowest BCUT2D eigenvalue weighted by Crippen LogP contribution is -2.48. The number of piperidine rings is 1. The van der Waals surface area contributed by atoms with Crippen LogP contribution in [0.5, 0.6) is 0 Å². The van der Waals surface area contributed by atoms with Crippen molar-refractivity contribution in [3.63, 3.8) is 0 Å². The summed E-state index contributed by atoms with van der Waals surface area (Å²) >= 11 is 0. The van der Waals surface area contributed by atoms with Crippen molar-refractivity contribution in [2.75, 3.05) is 38.1 Å². The molecule has 272 valence electrons. The zero-order chi connectivity index (χ0) is 36.4. The predicted molar refractivity (Wildman–Crippen MR) is 198 cm³/mol. The standard InChI is InChI=1S/C39H52N8O4/c1-24-16-26(17-25(2)34(24)44-14-12-43(9)13-15-44)33-20-31-32(23-45(35(31)42-41-33)36(48)50-38(3,4)5)27-21-40-46(22-27)30-18-28-10-11-29(19-30)47(28)37(49)51-39(6,7)8/h16-17,20-23,28-30H,10-15,18-19H2,1-9H3. The molecule has 0 aliphatic carbocycles. The number of benzene rings is 1. The van der Waals surface area contributed by atoms with Crippen molar-refractivity contribution >= 4 is 28.9 Å². The van der Waals surface area contributed by atoms with Gasteiger partial charge in [0.25, 0.3) is 0 Å². The summed E-state index contributed by atoms with van der Waals surface area (Å²) in [4.78, 5) is 33.4. The fourth-order valence-corrected chi connectivity index (χ4v) is 8.13. The van der Waals surface area contributed by atoms with Gasteiger partial charge < -0.3 is 24.2 Å². The third-order valence-electron chi connectivity index (χ3n) is 10.3. The SMILES string of the molecule is Cc1cc(-c2cc3c(-c4cnn(C5CC6CCC(C5)N6C(=O)OC(C)(C)C)c4)cn(C(=O)OC(C)(C)C)c3nn2)cc(C)c1N1CCN(C)CC1. The number of hydrogen-bond donors (Lipinski definition) is 0. The Hall–Kier alpha value is -4.45. The van der Waals surface area contributed by atoms with Gasteiger partial charge in [-0.1, -0.05) is 0 Å². The number of amides is 1. The summed E-state index contributed by atoms with van der Waals surface area (Å²) in [5, 5.41) is 14.9. The van der Waals surface area contributed by atoms with Crippen LogP contribution >= 0.6 is 0 Å². The van der Waals surface area contributed by atoms with Crippen LogP contribution in [-0.4, -0.2) is 103 Å². The van der Waals surface area contributed by atoms with Gasteiger partial charge in [-0.3, -0.25) is 4.68 Å². The van der Waals surface area contributed by atoms with Gasteiger partial charge >= 0.3 is 12.2 Å². The Morgan fingerprint density at radius 3 is 1.98 bits per heavy atom. The Bertz CT molecular complexity index is 1920. The van der Waals surface area contributed by atoms with Crippen LogP contribution in [0.2, 0.25) is 0 Å². The third kappa shape index (κ3) is 7.07. The van der Waals surface area contributed by atoms with E-state index in [0.29, 0.717) is 5.65 Å². The summed E-state index contributed by atoms with van der Waals surface area (Å²) in [5.41, 5.74) is 6.34. The molecule has 3 aliphatic heterocycles. The molecular weight excluding hydrogens is 644 g/mol. The molecule has 0 N–H and O–H groups in total. The number of carbonyl (C=O) groups excluding carboxylic acids is 2. The molecule has 51 heavy (non-hydrogen) atoms. The van der Waals surface area contributed by atoms with E-state index in [0.717, 1.165) is 79.6 Å². The molecular formula is C39H52N8O4. The molecule has 0 saturated carbocycles. The summed E-state index contributed by atoms with van der Waals surface area (Å²) in [7, 11) is 2.17. The number of anilines is 1. The predicted octanol–water partition coefficient (Wildman–Crippen LogP) is 7.22. The summed E-state index contributed by atoms with van der Waals surface area (Å²) in [6.45, 7) is 19.7. The van der Waals surface area contributed by atoms with Crippen molar-refractivity contribution in [3.8, 4) is 22.4 Å². The number of carbonyl (C=O) groups is 2. The summed E-state index contributed by atoms with van der Waals surface area (Å²) in [6.07, 6.45) is 8.53. The van der Waals surface area contributed by atoms with Gasteiger partial charge in [-0.25, -0.2) is 14.2 Å². The summed E-state index contributed by atoms with van der Waals surface area (Å²) in [5.74, 6) is 0. The molecule has 0 radical (unpaired) electrons. The van der Waals surface area contributed by atoms with Gasteiger partial charge in [0.1, 0.15) is 11.2 Å². The Labute approximate surface area is 300 Å². The maximum atomic E-state index is 13.5. The second kappa shape index (κ2) is 13.0. The van der Waals surface area contributed by atoms with Crippen molar-refractivity contribution in [1.29, 1.82) is 0 Å². The molecule has 3 aromatic heterocycles. The van der Waals surface area contributed by atoms with Gasteiger partial charge in [0.2, 0.25) is 0 Å². The van der Waals surface area contributed by atoms with Crippen LogP contribution in [0.25, 0.3) is 33.4 Å². The fourth-order valence-electron chi connectivity index (χ4n) is 8.13. The zero-order valence-electron chi connectivity index (χ0n) is 31.6. The van der Waals surface area contributed by atoms with Crippen LogP contribution in [0, 0.1) is 13.8 Å². The van der Waals surface area contributed by atoms with Gasteiger partial charge in [-0.2, -0.15) is 5.10 Å². The first-order valence-electron chi connectivity index (χ1n) is 18.3. The quantitative estimate of drug-likeness (QED) is 0.219. The van der Waals surface area contributed by atoms with Gasteiger partial charge in [0.05, 0.1) is 17.9 Å². The maximum absolute atomic E-state index is 13.5. The maximum Gasteiger partial charge on any atom is 0.420 e. The van der Waals surface area contributed by atoms with Crippen molar-refractivity contribution in [3.05, 3.63) is 47.9 Å². The number of piperazine rings is 1. The number of likely N-dealkylation sites (N-methyl/N-ethyl adjacent to an activating group) is 1. The van der Waals surface area contributed by atoms with E-state index in [1.165, 1.54) is 21.4 Å². The molecule has 0 spiro atoms. The highest BCUT2D eigenvalue weighted by Gasteiger charge is 2.45. The van der Waals surface area contributed by atoms with E-state index in [2.05, 4.69) is 59.2 Å². The Balaban J connectivity index is 1.22. The Morgan fingerprint density at radius 2 is 1.37 bits per heavy atom. The second-order valence-corrected chi connectivity index (χ2v) is 16.7. The van der Waals surface area contributed by atoms with Crippen LogP contribution in [0.4, 0.5) is 15.3 Å². The molecule has 1 aromatic carbocycles. The van der Waals surface area contributed by atoms with E-state index >= 15 is 0 Å². The van der Waals surface area contributed by atoms with Crippen LogP contribution < -0.4 is 4.90 Å². The van der Waals surface area contributed by atoms with E-state index in [-0.39, 0.29) is 24.2 Å². The van der Waals surface area contributed by atoms with Crippen molar-refractivity contribution in [2.24, 2.45) is 0 Å². The number of aromatic nitrogens is 5. The average Bonchev–Trinajstić information content (AvgIpc) is 3.74. The highest BCUT2D eigenvalue weighted by atomic mass is 16.6.